The van der Waals surface area contributed by atoms with Crippen LogP contribution in [0.15, 0.2) is 0 Å². The molecule has 3 saturated carbocycles. The highest BCUT2D eigenvalue weighted by atomic mass is 15.0. The minimum absolute atomic E-state index is 0.163. The zero-order valence-corrected chi connectivity index (χ0v) is 15.7. The maximum Gasteiger partial charge on any atom is 0.0207 e. The van der Waals surface area contributed by atoms with Crippen LogP contribution in [-0.4, -0.2) is 17.1 Å². The highest BCUT2D eigenvalue weighted by Gasteiger charge is 2.42. The lowest BCUT2D eigenvalue weighted by Crippen LogP contribution is -2.58. The average molecular weight is 321 g/mol. The molecular formula is C21H40N2. The first-order chi connectivity index (χ1) is 11.0. The molecule has 0 aromatic carbocycles. The third-order valence-electron chi connectivity index (χ3n) is 7.61. The van der Waals surface area contributed by atoms with Gasteiger partial charge in [-0.15, -0.1) is 0 Å². The monoisotopic (exact) mass is 320 g/mol. The van der Waals surface area contributed by atoms with Crippen molar-refractivity contribution in [1.82, 2.24) is 5.32 Å². The molecule has 0 radical (unpaired) electrons. The molecule has 23 heavy (non-hydrogen) atoms. The van der Waals surface area contributed by atoms with E-state index in [1.807, 2.05) is 0 Å². The third kappa shape index (κ3) is 3.95. The molecule has 0 aromatic heterocycles. The molecule has 0 saturated heterocycles. The van der Waals surface area contributed by atoms with Crippen molar-refractivity contribution in [2.75, 3.05) is 0 Å². The lowest BCUT2D eigenvalue weighted by molar-refractivity contribution is 0.0931. The van der Waals surface area contributed by atoms with E-state index in [1.165, 1.54) is 89.9 Å². The van der Waals surface area contributed by atoms with E-state index in [1.54, 1.807) is 0 Å². The van der Waals surface area contributed by atoms with Crippen LogP contribution in [0, 0.1) is 11.8 Å². The van der Waals surface area contributed by atoms with E-state index >= 15 is 0 Å². The Morgan fingerprint density at radius 2 is 1.43 bits per heavy atom. The van der Waals surface area contributed by atoms with E-state index in [0.29, 0.717) is 5.54 Å². The molecule has 2 unspecified atom stereocenters. The second kappa shape index (κ2) is 7.44. The van der Waals surface area contributed by atoms with Crippen LogP contribution in [0.1, 0.15) is 104 Å². The van der Waals surface area contributed by atoms with Gasteiger partial charge in [-0.05, 0) is 56.8 Å². The van der Waals surface area contributed by atoms with Gasteiger partial charge in [0.1, 0.15) is 0 Å². The van der Waals surface area contributed by atoms with E-state index in [9.17, 15) is 0 Å². The van der Waals surface area contributed by atoms with Gasteiger partial charge in [0.2, 0.25) is 0 Å². The number of rotatable bonds is 4. The summed E-state index contributed by atoms with van der Waals surface area (Å²) in [4.78, 5) is 0. The molecule has 2 heteroatoms. The maximum atomic E-state index is 6.89. The Labute approximate surface area is 144 Å². The van der Waals surface area contributed by atoms with Crippen LogP contribution >= 0.6 is 0 Å². The molecule has 0 aliphatic heterocycles. The van der Waals surface area contributed by atoms with Gasteiger partial charge in [0.25, 0.3) is 0 Å². The first kappa shape index (κ1) is 17.7. The SMILES string of the molecule is CC(C)C1(NC2CCCC(C3(N)CCCCC3)C2)CCCCC1. The van der Waals surface area contributed by atoms with E-state index in [-0.39, 0.29) is 5.54 Å². The first-order valence-electron chi connectivity index (χ1n) is 10.6. The van der Waals surface area contributed by atoms with Crippen molar-refractivity contribution < 1.29 is 0 Å². The zero-order valence-electron chi connectivity index (χ0n) is 15.7. The fraction of sp³-hybridized carbons (Fsp3) is 1.00. The Kier molecular flexibility index (Phi) is 5.73. The quantitative estimate of drug-likeness (QED) is 0.751. The summed E-state index contributed by atoms with van der Waals surface area (Å²) in [6, 6.07) is 0.719. The second-order valence-corrected chi connectivity index (χ2v) is 9.37. The highest BCUT2D eigenvalue weighted by Crippen LogP contribution is 2.42. The molecule has 3 aliphatic rings. The molecular weight excluding hydrogens is 280 g/mol. The van der Waals surface area contributed by atoms with Gasteiger partial charge >= 0.3 is 0 Å². The molecule has 3 rings (SSSR count). The van der Waals surface area contributed by atoms with Crippen LogP contribution in [0.2, 0.25) is 0 Å². The summed E-state index contributed by atoms with van der Waals surface area (Å²) in [6.45, 7) is 4.87. The maximum absolute atomic E-state index is 6.89. The summed E-state index contributed by atoms with van der Waals surface area (Å²) in [5.41, 5.74) is 7.47. The van der Waals surface area contributed by atoms with Crippen LogP contribution in [-0.2, 0) is 0 Å². The van der Waals surface area contributed by atoms with Crippen molar-refractivity contribution in [3.63, 3.8) is 0 Å². The fourth-order valence-corrected chi connectivity index (χ4v) is 5.94. The van der Waals surface area contributed by atoms with Crippen LogP contribution in [0.25, 0.3) is 0 Å². The van der Waals surface area contributed by atoms with Gasteiger partial charge in [-0.25, -0.2) is 0 Å². The number of nitrogens with one attached hydrogen (secondary N) is 1. The van der Waals surface area contributed by atoms with Crippen molar-refractivity contribution in [3.8, 4) is 0 Å². The minimum Gasteiger partial charge on any atom is -0.325 e. The molecule has 2 nitrogen and oxygen atoms in total. The van der Waals surface area contributed by atoms with E-state index in [2.05, 4.69) is 19.2 Å². The van der Waals surface area contributed by atoms with Gasteiger partial charge in [0.05, 0.1) is 0 Å². The molecule has 0 bridgehead atoms. The molecule has 3 N–H and O–H groups in total. The lowest BCUT2D eigenvalue weighted by atomic mass is 9.66. The van der Waals surface area contributed by atoms with E-state index < -0.39 is 0 Å². The standard InChI is InChI=1S/C21H40N2/c1-17(2)21(14-7-4-8-15-21)23-19-11-9-10-18(16-19)20(22)12-5-3-6-13-20/h17-19,23H,3-16,22H2,1-2H3. The second-order valence-electron chi connectivity index (χ2n) is 9.37. The van der Waals surface area contributed by atoms with Crippen molar-refractivity contribution in [2.45, 2.75) is 121 Å². The zero-order chi connectivity index (χ0) is 16.3. The molecule has 0 spiro atoms. The Morgan fingerprint density at radius 3 is 2.04 bits per heavy atom. The molecule has 134 valence electrons. The lowest BCUT2D eigenvalue weighted by Gasteiger charge is -2.49. The van der Waals surface area contributed by atoms with Crippen molar-refractivity contribution in [3.05, 3.63) is 0 Å². The summed E-state index contributed by atoms with van der Waals surface area (Å²) < 4.78 is 0. The topological polar surface area (TPSA) is 38.0 Å². The van der Waals surface area contributed by atoms with Gasteiger partial charge < -0.3 is 11.1 Å². The van der Waals surface area contributed by atoms with Gasteiger partial charge in [0, 0.05) is 17.1 Å². The molecule has 3 aliphatic carbocycles. The van der Waals surface area contributed by atoms with E-state index in [0.717, 1.165) is 17.9 Å². The summed E-state index contributed by atoms with van der Waals surface area (Å²) in [6.07, 6.45) is 19.2. The Balaban J connectivity index is 1.63. The molecule has 0 heterocycles. The predicted molar refractivity (Wildman–Crippen MR) is 99.5 cm³/mol. The van der Waals surface area contributed by atoms with Crippen LogP contribution in [0.3, 0.4) is 0 Å². The summed E-state index contributed by atoms with van der Waals surface area (Å²) in [5.74, 6) is 1.52. The number of nitrogens with two attached hydrogens (primary N) is 1. The number of hydrogen-bond acceptors (Lipinski definition) is 2. The van der Waals surface area contributed by atoms with Crippen molar-refractivity contribution in [1.29, 1.82) is 0 Å². The Morgan fingerprint density at radius 1 is 0.826 bits per heavy atom. The number of hydrogen-bond donors (Lipinski definition) is 2. The molecule has 2 atom stereocenters. The summed E-state index contributed by atoms with van der Waals surface area (Å²) in [7, 11) is 0. The summed E-state index contributed by atoms with van der Waals surface area (Å²) in [5, 5.41) is 4.20. The molecule has 0 aromatic rings. The molecule has 3 fully saturated rings. The van der Waals surface area contributed by atoms with Gasteiger partial charge in [-0.1, -0.05) is 58.8 Å². The normalized spacial score (nSPS) is 34.4. The van der Waals surface area contributed by atoms with E-state index in [4.69, 9.17) is 5.73 Å². The predicted octanol–water partition coefficient (Wildman–Crippen LogP) is 5.16. The highest BCUT2D eigenvalue weighted by molar-refractivity contribution is 5.00. The van der Waals surface area contributed by atoms with Gasteiger partial charge in [0.15, 0.2) is 0 Å². The molecule has 0 amide bonds. The minimum atomic E-state index is 0.163. The van der Waals surface area contributed by atoms with Crippen molar-refractivity contribution in [2.24, 2.45) is 17.6 Å². The van der Waals surface area contributed by atoms with Crippen LogP contribution < -0.4 is 11.1 Å². The largest absolute Gasteiger partial charge is 0.325 e. The van der Waals surface area contributed by atoms with Crippen LogP contribution in [0.5, 0.6) is 0 Å². The summed E-state index contributed by atoms with van der Waals surface area (Å²) >= 11 is 0. The van der Waals surface area contributed by atoms with Crippen LogP contribution in [0.4, 0.5) is 0 Å². The first-order valence-corrected chi connectivity index (χ1v) is 10.6. The Bertz CT molecular complexity index is 364. The Hall–Kier alpha value is -0.0800. The fourth-order valence-electron chi connectivity index (χ4n) is 5.94. The van der Waals surface area contributed by atoms with Crippen molar-refractivity contribution >= 4 is 0 Å². The van der Waals surface area contributed by atoms with Gasteiger partial charge in [-0.3, -0.25) is 0 Å². The smallest absolute Gasteiger partial charge is 0.0207 e. The average Bonchev–Trinajstić information content (AvgIpc) is 2.56. The van der Waals surface area contributed by atoms with Gasteiger partial charge in [-0.2, -0.15) is 0 Å². The third-order valence-corrected chi connectivity index (χ3v) is 7.61.